The Kier molecular flexibility index (Phi) is 17.4. The molecule has 0 aromatic heterocycles. The Morgan fingerprint density at radius 3 is 2.18 bits per heavy atom. The number of primary amides is 1. The van der Waals surface area contributed by atoms with E-state index < -0.39 is 97.0 Å². The van der Waals surface area contributed by atoms with Gasteiger partial charge in [-0.25, -0.2) is 0 Å². The van der Waals surface area contributed by atoms with E-state index in [1.54, 1.807) is 30.3 Å². The maximum atomic E-state index is 13.6. The number of carbonyl (C=O) groups is 9. The summed E-state index contributed by atoms with van der Waals surface area (Å²) in [6, 6.07) is 3.68. The van der Waals surface area contributed by atoms with Gasteiger partial charge in [-0.05, 0) is 37.8 Å². The third kappa shape index (κ3) is 15.5. The monoisotopic (exact) mass is 702 g/mol. The second-order valence-corrected chi connectivity index (χ2v) is 11.5. The average Bonchev–Trinajstić information content (AvgIpc) is 3.07. The van der Waals surface area contributed by atoms with Gasteiger partial charge in [0.2, 0.25) is 53.2 Å². The van der Waals surface area contributed by atoms with Gasteiger partial charge in [0, 0.05) is 26.3 Å². The lowest BCUT2D eigenvalue weighted by Gasteiger charge is -2.25. The van der Waals surface area contributed by atoms with Gasteiger partial charge in [-0.1, -0.05) is 30.3 Å². The third-order valence-corrected chi connectivity index (χ3v) is 7.32. The molecular formula is C31H46N10O9. The molecule has 0 spiro atoms. The van der Waals surface area contributed by atoms with E-state index in [1.807, 2.05) is 0 Å². The molecule has 1 aliphatic heterocycles. The Morgan fingerprint density at radius 2 is 1.52 bits per heavy atom. The van der Waals surface area contributed by atoms with Crippen molar-refractivity contribution in [2.75, 3.05) is 32.7 Å². The second kappa shape index (κ2) is 21.4. The van der Waals surface area contributed by atoms with Crippen LogP contribution >= 0.6 is 0 Å². The fraction of sp³-hybridized carbons (Fsp3) is 0.516. The predicted octanol–water partition coefficient (Wildman–Crippen LogP) is -4.94. The van der Waals surface area contributed by atoms with Gasteiger partial charge in [-0.15, -0.1) is 0 Å². The number of amides is 9. The summed E-state index contributed by atoms with van der Waals surface area (Å²) in [6.07, 6.45) is -0.297. The van der Waals surface area contributed by atoms with Crippen LogP contribution in [0.15, 0.2) is 30.3 Å². The summed E-state index contributed by atoms with van der Waals surface area (Å²) < 4.78 is 0. The van der Waals surface area contributed by atoms with Crippen molar-refractivity contribution in [3.8, 4) is 0 Å². The first-order valence-electron chi connectivity index (χ1n) is 16.1. The van der Waals surface area contributed by atoms with Crippen LogP contribution in [0, 0.1) is 0 Å². The van der Waals surface area contributed by atoms with Crippen LogP contribution in [-0.2, 0) is 49.6 Å². The number of hydrogen-bond acceptors (Lipinski definition) is 10. The molecule has 1 heterocycles. The number of carbonyl (C=O) groups excluding carboxylic acids is 9. The summed E-state index contributed by atoms with van der Waals surface area (Å²) in [4.78, 5) is 114. The first-order chi connectivity index (χ1) is 23.8. The molecule has 4 atom stereocenters. The van der Waals surface area contributed by atoms with E-state index >= 15 is 0 Å². The van der Waals surface area contributed by atoms with Gasteiger partial charge < -0.3 is 54.0 Å². The molecule has 19 nitrogen and oxygen atoms in total. The molecular weight excluding hydrogens is 656 g/mol. The fourth-order valence-corrected chi connectivity index (χ4v) is 4.74. The molecule has 274 valence electrons. The SMILES string of the molecule is CC(=O)NCC(=O)N[C@H]1CCC(=O)NCC[C@@H](C(=O)NCC(N)=O)NC(=O)CNC(=O)[C@@H](Cc2ccccc2)NC(=O)[C@H](CCCN)NC1=O. The summed E-state index contributed by atoms with van der Waals surface area (Å²) in [6.45, 7) is -0.334. The Hall–Kier alpha value is -5.59. The van der Waals surface area contributed by atoms with Crippen LogP contribution in [0.4, 0.5) is 0 Å². The van der Waals surface area contributed by atoms with E-state index in [9.17, 15) is 43.2 Å². The van der Waals surface area contributed by atoms with E-state index in [0.29, 0.717) is 12.0 Å². The van der Waals surface area contributed by atoms with Crippen molar-refractivity contribution >= 4 is 53.2 Å². The highest BCUT2D eigenvalue weighted by molar-refractivity contribution is 5.96. The number of nitrogens with one attached hydrogen (secondary N) is 8. The molecule has 1 aliphatic rings. The predicted molar refractivity (Wildman–Crippen MR) is 177 cm³/mol. The summed E-state index contributed by atoms with van der Waals surface area (Å²) in [7, 11) is 0. The fourth-order valence-electron chi connectivity index (χ4n) is 4.74. The van der Waals surface area contributed by atoms with Crippen LogP contribution in [0.5, 0.6) is 0 Å². The molecule has 1 aromatic carbocycles. The minimum Gasteiger partial charge on any atom is -0.368 e. The van der Waals surface area contributed by atoms with Crippen molar-refractivity contribution in [1.29, 1.82) is 0 Å². The molecule has 1 saturated heterocycles. The van der Waals surface area contributed by atoms with Crippen molar-refractivity contribution < 1.29 is 43.2 Å². The number of benzene rings is 1. The molecule has 12 N–H and O–H groups in total. The van der Waals surface area contributed by atoms with Gasteiger partial charge >= 0.3 is 0 Å². The normalized spacial score (nSPS) is 21.3. The Bertz CT molecular complexity index is 1390. The highest BCUT2D eigenvalue weighted by Crippen LogP contribution is 2.07. The number of hydrogen-bond donors (Lipinski definition) is 10. The lowest BCUT2D eigenvalue weighted by molar-refractivity contribution is -0.134. The van der Waals surface area contributed by atoms with Gasteiger partial charge in [0.15, 0.2) is 0 Å². The van der Waals surface area contributed by atoms with Crippen molar-refractivity contribution in [3.63, 3.8) is 0 Å². The van der Waals surface area contributed by atoms with Gasteiger partial charge in [0.25, 0.3) is 0 Å². The second-order valence-electron chi connectivity index (χ2n) is 11.5. The molecule has 50 heavy (non-hydrogen) atoms. The van der Waals surface area contributed by atoms with Gasteiger partial charge in [0.05, 0.1) is 19.6 Å². The Labute approximate surface area is 288 Å². The highest BCUT2D eigenvalue weighted by atomic mass is 16.2. The molecule has 0 aliphatic carbocycles. The van der Waals surface area contributed by atoms with Gasteiger partial charge in [-0.3, -0.25) is 43.2 Å². The lowest BCUT2D eigenvalue weighted by Crippen LogP contribution is -2.58. The van der Waals surface area contributed by atoms with Crippen molar-refractivity contribution in [1.82, 2.24) is 42.5 Å². The maximum Gasteiger partial charge on any atom is 0.243 e. The largest absolute Gasteiger partial charge is 0.368 e. The minimum absolute atomic E-state index is 0.00531. The van der Waals surface area contributed by atoms with E-state index in [-0.39, 0.29) is 45.2 Å². The third-order valence-electron chi connectivity index (χ3n) is 7.32. The molecule has 0 bridgehead atoms. The quantitative estimate of drug-likeness (QED) is 0.105. The molecule has 1 aromatic rings. The lowest BCUT2D eigenvalue weighted by atomic mass is 10.0. The van der Waals surface area contributed by atoms with E-state index in [0.717, 1.165) is 0 Å². The number of nitrogens with two attached hydrogens (primary N) is 2. The molecule has 2 rings (SSSR count). The van der Waals surface area contributed by atoms with E-state index in [4.69, 9.17) is 11.5 Å². The standard InChI is InChI=1S/C31H46N10O9/c1-18(42)35-16-26(45)38-21-9-10-25(44)34-13-11-22(28(47)36-15-24(33)43)39-27(46)17-37-29(48)23(14-19-6-3-2-4-7-19)41-30(49)20(8-5-12-32)40-31(21)50/h2-4,6-7,20-23H,5,8-17,32H2,1H3,(H2,33,43)(H,34,44)(H,35,42)(H,36,47)(H,37,48)(H,38,45)(H,39,46)(H,40,50)(H,41,49)/t20-,21-,22-,23+/m0/s1. The molecule has 9 amide bonds. The van der Waals surface area contributed by atoms with E-state index in [1.165, 1.54) is 6.92 Å². The van der Waals surface area contributed by atoms with Crippen LogP contribution in [0.3, 0.4) is 0 Å². The zero-order chi connectivity index (χ0) is 37.1. The summed E-state index contributed by atoms with van der Waals surface area (Å²) in [5.74, 6) is -6.50. The summed E-state index contributed by atoms with van der Waals surface area (Å²) in [5, 5.41) is 19.7. The van der Waals surface area contributed by atoms with Crippen LogP contribution in [0.2, 0.25) is 0 Å². The van der Waals surface area contributed by atoms with Crippen LogP contribution in [0.1, 0.15) is 44.6 Å². The molecule has 0 unspecified atom stereocenters. The van der Waals surface area contributed by atoms with Gasteiger partial charge in [-0.2, -0.15) is 0 Å². The van der Waals surface area contributed by atoms with E-state index in [2.05, 4.69) is 42.5 Å². The Balaban J connectivity index is 2.42. The van der Waals surface area contributed by atoms with Crippen molar-refractivity contribution in [2.45, 2.75) is 69.6 Å². The summed E-state index contributed by atoms with van der Waals surface area (Å²) in [5.41, 5.74) is 11.4. The van der Waals surface area contributed by atoms with Gasteiger partial charge in [0.1, 0.15) is 24.2 Å². The molecule has 1 fully saturated rings. The first kappa shape index (κ1) is 40.6. The van der Waals surface area contributed by atoms with Crippen LogP contribution in [-0.4, -0.2) is 110 Å². The van der Waals surface area contributed by atoms with Crippen LogP contribution in [0.25, 0.3) is 0 Å². The van der Waals surface area contributed by atoms with Crippen molar-refractivity contribution in [3.05, 3.63) is 35.9 Å². The minimum atomic E-state index is -1.33. The Morgan fingerprint density at radius 1 is 0.820 bits per heavy atom. The zero-order valence-corrected chi connectivity index (χ0v) is 27.8. The average molecular weight is 703 g/mol. The molecule has 0 radical (unpaired) electrons. The molecule has 19 heteroatoms. The highest BCUT2D eigenvalue weighted by Gasteiger charge is 2.31. The van der Waals surface area contributed by atoms with Crippen molar-refractivity contribution in [2.24, 2.45) is 11.5 Å². The number of rotatable bonds is 11. The maximum absolute atomic E-state index is 13.6. The molecule has 0 saturated carbocycles. The summed E-state index contributed by atoms with van der Waals surface area (Å²) >= 11 is 0. The zero-order valence-electron chi connectivity index (χ0n) is 27.8. The topological polar surface area (TPSA) is 302 Å². The smallest absolute Gasteiger partial charge is 0.243 e. The van der Waals surface area contributed by atoms with Crippen LogP contribution < -0.4 is 54.0 Å². The first-order valence-corrected chi connectivity index (χ1v) is 16.1.